The zero-order valence-corrected chi connectivity index (χ0v) is 19.2. The molecule has 2 aliphatic rings. The SMILES string of the molecule is CCC1C(=O)N=C(n2nc(C)cc2NC(=O)C(=O)NC2CC(C)CC(C)(C)C2)N=C1C. The highest BCUT2D eigenvalue weighted by Crippen LogP contribution is 2.38. The number of nitrogens with zero attached hydrogens (tertiary/aromatic N) is 4. The van der Waals surface area contributed by atoms with Crippen LogP contribution in [-0.4, -0.2) is 45.2 Å². The Balaban J connectivity index is 1.73. The summed E-state index contributed by atoms with van der Waals surface area (Å²) in [6.07, 6.45) is 3.40. The summed E-state index contributed by atoms with van der Waals surface area (Å²) in [6, 6.07) is 1.57. The summed E-state index contributed by atoms with van der Waals surface area (Å²) in [6.45, 7) is 11.9. The van der Waals surface area contributed by atoms with Gasteiger partial charge in [-0.15, -0.1) is 0 Å². The van der Waals surface area contributed by atoms with Gasteiger partial charge in [0.05, 0.1) is 11.6 Å². The number of hydrogen-bond donors (Lipinski definition) is 2. The van der Waals surface area contributed by atoms with Crippen LogP contribution in [0.4, 0.5) is 5.82 Å². The highest BCUT2D eigenvalue weighted by atomic mass is 16.2. The molecule has 0 aromatic carbocycles. The molecular weight excluding hydrogens is 396 g/mol. The highest BCUT2D eigenvalue weighted by Gasteiger charge is 2.34. The van der Waals surface area contributed by atoms with Crippen LogP contribution in [-0.2, 0) is 14.4 Å². The number of anilines is 1. The molecule has 2 heterocycles. The molecule has 3 atom stereocenters. The zero-order chi connectivity index (χ0) is 22.9. The number of rotatable bonds is 3. The number of aliphatic imine (C=N–C) groups is 2. The second-order valence-corrected chi connectivity index (χ2v) is 9.58. The van der Waals surface area contributed by atoms with Crippen LogP contribution in [0.2, 0.25) is 0 Å². The maximum Gasteiger partial charge on any atom is 0.314 e. The van der Waals surface area contributed by atoms with Gasteiger partial charge in [0.1, 0.15) is 5.82 Å². The van der Waals surface area contributed by atoms with E-state index >= 15 is 0 Å². The number of amides is 3. The van der Waals surface area contributed by atoms with Crippen LogP contribution in [0, 0.1) is 24.2 Å². The normalized spacial score (nSPS) is 25.5. The Morgan fingerprint density at radius 1 is 1.19 bits per heavy atom. The Kier molecular flexibility index (Phi) is 6.43. The van der Waals surface area contributed by atoms with Gasteiger partial charge in [-0.2, -0.15) is 14.8 Å². The molecule has 0 saturated heterocycles. The lowest BCUT2D eigenvalue weighted by molar-refractivity contribution is -0.137. The van der Waals surface area contributed by atoms with Gasteiger partial charge < -0.3 is 10.6 Å². The van der Waals surface area contributed by atoms with Crippen LogP contribution in [0.3, 0.4) is 0 Å². The van der Waals surface area contributed by atoms with Crippen molar-refractivity contribution in [2.24, 2.45) is 27.2 Å². The van der Waals surface area contributed by atoms with E-state index in [9.17, 15) is 14.4 Å². The first-order valence-electron chi connectivity index (χ1n) is 10.9. The average Bonchev–Trinajstić information content (AvgIpc) is 2.99. The maximum absolute atomic E-state index is 12.6. The largest absolute Gasteiger partial charge is 0.345 e. The zero-order valence-electron chi connectivity index (χ0n) is 19.2. The van der Waals surface area contributed by atoms with Crippen LogP contribution >= 0.6 is 0 Å². The molecule has 31 heavy (non-hydrogen) atoms. The predicted molar refractivity (Wildman–Crippen MR) is 119 cm³/mol. The van der Waals surface area contributed by atoms with Crippen LogP contribution in [0.5, 0.6) is 0 Å². The predicted octanol–water partition coefficient (Wildman–Crippen LogP) is 2.69. The summed E-state index contributed by atoms with van der Waals surface area (Å²) in [7, 11) is 0. The van der Waals surface area contributed by atoms with E-state index in [1.165, 1.54) is 4.68 Å². The van der Waals surface area contributed by atoms with Gasteiger partial charge >= 0.3 is 11.8 Å². The molecule has 3 unspecified atom stereocenters. The van der Waals surface area contributed by atoms with Crippen molar-refractivity contribution in [2.45, 2.75) is 73.3 Å². The molecule has 9 heteroatoms. The Morgan fingerprint density at radius 2 is 1.90 bits per heavy atom. The van der Waals surface area contributed by atoms with Crippen LogP contribution in [0.1, 0.15) is 66.0 Å². The minimum Gasteiger partial charge on any atom is -0.345 e. The molecule has 1 aromatic rings. The smallest absolute Gasteiger partial charge is 0.314 e. The molecule has 1 saturated carbocycles. The van der Waals surface area contributed by atoms with Crippen LogP contribution in [0.15, 0.2) is 16.1 Å². The van der Waals surface area contributed by atoms with Crippen LogP contribution in [0.25, 0.3) is 0 Å². The van der Waals surface area contributed by atoms with E-state index in [0.29, 0.717) is 23.7 Å². The minimum atomic E-state index is -0.785. The van der Waals surface area contributed by atoms with Crippen molar-refractivity contribution in [3.05, 3.63) is 11.8 Å². The lowest BCUT2D eigenvalue weighted by Gasteiger charge is -2.39. The van der Waals surface area contributed by atoms with E-state index in [0.717, 1.165) is 19.3 Å². The van der Waals surface area contributed by atoms with Gasteiger partial charge in [-0.3, -0.25) is 14.4 Å². The Hall–Kier alpha value is -2.84. The molecule has 168 valence electrons. The molecule has 0 spiro atoms. The van der Waals surface area contributed by atoms with Gasteiger partial charge in [-0.1, -0.05) is 27.7 Å². The van der Waals surface area contributed by atoms with Gasteiger partial charge in [-0.25, -0.2) is 4.99 Å². The van der Waals surface area contributed by atoms with Crippen molar-refractivity contribution in [2.75, 3.05) is 5.32 Å². The minimum absolute atomic E-state index is 0.0396. The highest BCUT2D eigenvalue weighted by molar-refractivity contribution is 6.39. The molecule has 3 amide bonds. The molecule has 1 aliphatic carbocycles. The van der Waals surface area contributed by atoms with Gasteiger partial charge in [0.15, 0.2) is 0 Å². The van der Waals surface area contributed by atoms with Crippen molar-refractivity contribution in [3.8, 4) is 0 Å². The summed E-state index contributed by atoms with van der Waals surface area (Å²) in [5.41, 5.74) is 1.37. The van der Waals surface area contributed by atoms with E-state index in [1.54, 1.807) is 19.9 Å². The topological polar surface area (TPSA) is 118 Å². The lowest BCUT2D eigenvalue weighted by Crippen LogP contribution is -2.46. The lowest BCUT2D eigenvalue weighted by atomic mass is 9.70. The number of aryl methyl sites for hydroxylation is 1. The Labute approximate surface area is 182 Å². The molecule has 9 nitrogen and oxygen atoms in total. The fourth-order valence-corrected chi connectivity index (χ4v) is 4.80. The molecule has 0 bridgehead atoms. The number of carbonyl (C=O) groups excluding carboxylic acids is 3. The summed E-state index contributed by atoms with van der Waals surface area (Å²) in [4.78, 5) is 45.9. The first kappa shape index (κ1) is 22.8. The first-order valence-corrected chi connectivity index (χ1v) is 10.9. The van der Waals surface area contributed by atoms with Gasteiger partial charge in [0.25, 0.3) is 11.9 Å². The van der Waals surface area contributed by atoms with Crippen molar-refractivity contribution < 1.29 is 14.4 Å². The summed E-state index contributed by atoms with van der Waals surface area (Å²) < 4.78 is 1.29. The van der Waals surface area contributed by atoms with Crippen molar-refractivity contribution in [1.29, 1.82) is 0 Å². The van der Waals surface area contributed by atoms with Gasteiger partial charge in [0, 0.05) is 17.8 Å². The summed E-state index contributed by atoms with van der Waals surface area (Å²) >= 11 is 0. The molecule has 0 radical (unpaired) electrons. The van der Waals surface area contributed by atoms with Gasteiger partial charge in [-0.05, 0) is 50.9 Å². The fourth-order valence-electron chi connectivity index (χ4n) is 4.80. The fraction of sp³-hybridized carbons (Fsp3) is 0.636. The second kappa shape index (κ2) is 8.72. The number of aromatic nitrogens is 2. The van der Waals surface area contributed by atoms with E-state index in [2.05, 4.69) is 46.5 Å². The van der Waals surface area contributed by atoms with Crippen molar-refractivity contribution in [1.82, 2.24) is 15.1 Å². The number of carbonyl (C=O) groups is 3. The maximum atomic E-state index is 12.6. The molecule has 1 aliphatic heterocycles. The number of hydrogen-bond acceptors (Lipinski definition) is 5. The molecule has 3 rings (SSSR count). The average molecular weight is 429 g/mol. The molecule has 1 fully saturated rings. The van der Waals surface area contributed by atoms with E-state index in [1.807, 2.05) is 6.92 Å². The van der Waals surface area contributed by atoms with Crippen LogP contribution < -0.4 is 10.6 Å². The summed E-state index contributed by atoms with van der Waals surface area (Å²) in [5, 5.41) is 9.75. The second-order valence-electron chi connectivity index (χ2n) is 9.58. The first-order chi connectivity index (χ1) is 14.5. The standard InChI is InChI=1S/C22H32N6O3/c1-7-16-14(4)23-21(26-18(16)29)28-17(9-13(3)27-28)25-20(31)19(30)24-15-8-12(2)10-22(5,6)11-15/h9,12,15-16H,7-8,10-11H2,1-6H3,(H,24,30)(H,25,31). The molecule has 1 aromatic heterocycles. The third kappa shape index (κ3) is 5.26. The van der Waals surface area contributed by atoms with E-state index in [-0.39, 0.29) is 35.1 Å². The third-order valence-corrected chi connectivity index (χ3v) is 5.89. The third-order valence-electron chi connectivity index (χ3n) is 5.89. The van der Waals surface area contributed by atoms with E-state index in [4.69, 9.17) is 0 Å². The quantitative estimate of drug-likeness (QED) is 0.720. The number of nitrogens with one attached hydrogen (secondary N) is 2. The van der Waals surface area contributed by atoms with Crippen molar-refractivity contribution in [3.63, 3.8) is 0 Å². The summed E-state index contributed by atoms with van der Waals surface area (Å²) in [5.74, 6) is -1.30. The van der Waals surface area contributed by atoms with Crippen molar-refractivity contribution >= 4 is 35.2 Å². The van der Waals surface area contributed by atoms with E-state index < -0.39 is 11.8 Å². The Morgan fingerprint density at radius 3 is 2.52 bits per heavy atom. The van der Waals surface area contributed by atoms with Gasteiger partial charge in [0.2, 0.25) is 0 Å². The molecular formula is C22H32N6O3. The monoisotopic (exact) mass is 428 g/mol. The Bertz CT molecular complexity index is 958. The molecule has 2 N–H and O–H groups in total.